The molecule has 0 aromatic heterocycles. The number of benzene rings is 1. The van der Waals surface area contributed by atoms with E-state index in [1.165, 1.54) is 0 Å². The third-order valence-electron chi connectivity index (χ3n) is 1.83. The van der Waals surface area contributed by atoms with Crippen LogP contribution in [0, 0.1) is 0 Å². The molecule has 1 aromatic rings. The first kappa shape index (κ1) is 12.8. The Balaban J connectivity index is 2.18. The molecule has 0 heterocycles. The molecule has 0 aliphatic carbocycles. The van der Waals surface area contributed by atoms with Crippen molar-refractivity contribution in [1.29, 1.82) is 0 Å². The van der Waals surface area contributed by atoms with Crippen LogP contribution >= 0.6 is 11.6 Å². The topological polar surface area (TPSA) is 50.4 Å². The van der Waals surface area contributed by atoms with Gasteiger partial charge in [0.05, 0.1) is 13.1 Å². The second kappa shape index (κ2) is 7.09. The summed E-state index contributed by atoms with van der Waals surface area (Å²) in [5.41, 5.74) is 0. The molecule has 5 heteroatoms. The highest BCUT2D eigenvalue weighted by atomic mass is 35.5. The van der Waals surface area contributed by atoms with Crippen LogP contribution in [0.25, 0.3) is 0 Å². The van der Waals surface area contributed by atoms with Crippen LogP contribution in [0.2, 0.25) is 5.02 Å². The van der Waals surface area contributed by atoms with E-state index in [0.29, 0.717) is 30.5 Å². The molecule has 0 aliphatic rings. The van der Waals surface area contributed by atoms with Gasteiger partial charge in [-0.25, -0.2) is 0 Å². The molecule has 0 saturated carbocycles. The van der Waals surface area contributed by atoms with Crippen molar-refractivity contribution >= 4 is 17.5 Å². The first-order chi connectivity index (χ1) is 7.72. The van der Waals surface area contributed by atoms with Crippen molar-refractivity contribution in [3.8, 4) is 5.75 Å². The summed E-state index contributed by atoms with van der Waals surface area (Å²) in [4.78, 5) is 11.1. The fraction of sp³-hybridized carbons (Fsp3) is 0.364. The molecular weight excluding hydrogens is 228 g/mol. The number of carbonyl (C=O) groups excluding carboxylic acids is 1. The molecule has 1 amide bonds. The lowest BCUT2D eigenvalue weighted by atomic mass is 10.3. The Morgan fingerprint density at radius 2 is 2.31 bits per heavy atom. The molecule has 2 N–H and O–H groups in total. The predicted molar refractivity (Wildman–Crippen MR) is 63.9 cm³/mol. The van der Waals surface area contributed by atoms with Crippen molar-refractivity contribution in [1.82, 2.24) is 10.6 Å². The van der Waals surface area contributed by atoms with Gasteiger partial charge in [-0.15, -0.1) is 0 Å². The molecule has 1 rings (SSSR count). The number of hydrogen-bond donors (Lipinski definition) is 2. The Hall–Kier alpha value is -1.26. The van der Waals surface area contributed by atoms with Gasteiger partial charge in [-0.2, -0.15) is 0 Å². The minimum absolute atomic E-state index is 0.0443. The Morgan fingerprint density at radius 1 is 1.50 bits per heavy atom. The van der Waals surface area contributed by atoms with Crippen LogP contribution in [0.5, 0.6) is 5.75 Å². The number of carbonyl (C=O) groups is 1. The summed E-state index contributed by atoms with van der Waals surface area (Å²) in [5.74, 6) is 0.660. The lowest BCUT2D eigenvalue weighted by Gasteiger charge is -2.07. The van der Waals surface area contributed by atoms with Gasteiger partial charge in [-0.05, 0) is 25.2 Å². The Labute approximate surface area is 99.9 Å². The summed E-state index contributed by atoms with van der Waals surface area (Å²) in [5, 5.41) is 6.11. The van der Waals surface area contributed by atoms with E-state index < -0.39 is 0 Å². The van der Waals surface area contributed by atoms with Crippen molar-refractivity contribution in [2.45, 2.75) is 0 Å². The van der Waals surface area contributed by atoms with Gasteiger partial charge in [0.25, 0.3) is 0 Å². The molecular formula is C11H15ClN2O2. The highest BCUT2D eigenvalue weighted by Crippen LogP contribution is 2.16. The van der Waals surface area contributed by atoms with E-state index in [9.17, 15) is 4.79 Å². The monoisotopic (exact) mass is 242 g/mol. The van der Waals surface area contributed by atoms with E-state index in [-0.39, 0.29) is 5.91 Å². The zero-order chi connectivity index (χ0) is 11.8. The van der Waals surface area contributed by atoms with Gasteiger partial charge in [0.1, 0.15) is 12.4 Å². The van der Waals surface area contributed by atoms with Crippen LogP contribution in [-0.2, 0) is 4.79 Å². The lowest BCUT2D eigenvalue weighted by Crippen LogP contribution is -2.34. The van der Waals surface area contributed by atoms with Crippen molar-refractivity contribution < 1.29 is 9.53 Å². The first-order valence-corrected chi connectivity index (χ1v) is 5.40. The van der Waals surface area contributed by atoms with Crippen LogP contribution in [-0.4, -0.2) is 32.7 Å². The predicted octanol–water partition coefficient (Wildman–Crippen LogP) is 1.05. The Kier molecular flexibility index (Phi) is 5.67. The van der Waals surface area contributed by atoms with Gasteiger partial charge in [-0.3, -0.25) is 4.79 Å². The number of ether oxygens (including phenoxy) is 1. The first-order valence-electron chi connectivity index (χ1n) is 5.02. The second-order valence-corrected chi connectivity index (χ2v) is 3.62. The second-order valence-electron chi connectivity index (χ2n) is 3.19. The number of likely N-dealkylation sites (N-methyl/N-ethyl adjacent to an activating group) is 1. The van der Waals surface area contributed by atoms with E-state index in [1.54, 1.807) is 19.2 Å². The zero-order valence-electron chi connectivity index (χ0n) is 9.13. The molecule has 0 radical (unpaired) electrons. The fourth-order valence-electron chi connectivity index (χ4n) is 1.14. The van der Waals surface area contributed by atoms with Crippen molar-refractivity contribution in [2.75, 3.05) is 26.7 Å². The van der Waals surface area contributed by atoms with Crippen LogP contribution in [0.3, 0.4) is 0 Å². The van der Waals surface area contributed by atoms with Gasteiger partial charge in [0.2, 0.25) is 5.91 Å². The van der Waals surface area contributed by atoms with Crippen molar-refractivity contribution in [3.63, 3.8) is 0 Å². The summed E-state index contributed by atoms with van der Waals surface area (Å²) in [6.45, 7) is 1.22. The molecule has 0 atom stereocenters. The molecule has 1 aromatic carbocycles. The van der Waals surface area contributed by atoms with Gasteiger partial charge in [0, 0.05) is 5.02 Å². The molecule has 0 bridgehead atoms. The standard InChI is InChI=1S/C11H15ClN2O2/c1-13-8-11(15)14-5-6-16-10-4-2-3-9(12)7-10/h2-4,7,13H,5-6,8H2,1H3,(H,14,15). The summed E-state index contributed by atoms with van der Waals surface area (Å²) in [6.07, 6.45) is 0. The Morgan fingerprint density at radius 3 is 3.00 bits per heavy atom. The maximum absolute atomic E-state index is 11.1. The largest absolute Gasteiger partial charge is 0.492 e. The maximum Gasteiger partial charge on any atom is 0.234 e. The van der Waals surface area contributed by atoms with Crippen LogP contribution in [0.15, 0.2) is 24.3 Å². The van der Waals surface area contributed by atoms with E-state index in [0.717, 1.165) is 0 Å². The quantitative estimate of drug-likeness (QED) is 0.734. The smallest absolute Gasteiger partial charge is 0.234 e. The van der Waals surface area contributed by atoms with Gasteiger partial charge < -0.3 is 15.4 Å². The lowest BCUT2D eigenvalue weighted by molar-refractivity contribution is -0.120. The normalized spacial score (nSPS) is 9.88. The minimum Gasteiger partial charge on any atom is -0.492 e. The van der Waals surface area contributed by atoms with E-state index >= 15 is 0 Å². The van der Waals surface area contributed by atoms with Crippen molar-refractivity contribution in [2.24, 2.45) is 0 Å². The number of rotatable bonds is 6. The van der Waals surface area contributed by atoms with E-state index in [4.69, 9.17) is 16.3 Å². The van der Waals surface area contributed by atoms with E-state index in [1.807, 2.05) is 12.1 Å². The third-order valence-corrected chi connectivity index (χ3v) is 2.06. The Bertz CT molecular complexity index is 345. The van der Waals surface area contributed by atoms with E-state index in [2.05, 4.69) is 10.6 Å². The SMILES string of the molecule is CNCC(=O)NCCOc1cccc(Cl)c1. The summed E-state index contributed by atoms with van der Waals surface area (Å²) < 4.78 is 5.40. The average Bonchev–Trinajstić information content (AvgIpc) is 2.25. The highest BCUT2D eigenvalue weighted by molar-refractivity contribution is 6.30. The minimum atomic E-state index is -0.0443. The maximum atomic E-state index is 11.1. The summed E-state index contributed by atoms with van der Waals surface area (Å²) in [7, 11) is 1.72. The molecule has 88 valence electrons. The van der Waals surface area contributed by atoms with Crippen LogP contribution in [0.1, 0.15) is 0 Å². The summed E-state index contributed by atoms with van der Waals surface area (Å²) in [6, 6.07) is 7.15. The number of amides is 1. The molecule has 0 unspecified atom stereocenters. The van der Waals surface area contributed by atoms with Gasteiger partial charge in [-0.1, -0.05) is 17.7 Å². The fourth-order valence-corrected chi connectivity index (χ4v) is 1.32. The molecule has 0 saturated heterocycles. The molecule has 0 spiro atoms. The number of hydrogen-bond acceptors (Lipinski definition) is 3. The van der Waals surface area contributed by atoms with Gasteiger partial charge >= 0.3 is 0 Å². The molecule has 0 aliphatic heterocycles. The van der Waals surface area contributed by atoms with Crippen molar-refractivity contribution in [3.05, 3.63) is 29.3 Å². The average molecular weight is 243 g/mol. The van der Waals surface area contributed by atoms with Crippen LogP contribution in [0.4, 0.5) is 0 Å². The molecule has 16 heavy (non-hydrogen) atoms. The zero-order valence-corrected chi connectivity index (χ0v) is 9.88. The molecule has 4 nitrogen and oxygen atoms in total. The number of halogens is 1. The highest BCUT2D eigenvalue weighted by Gasteiger charge is 1.98. The van der Waals surface area contributed by atoms with Crippen LogP contribution < -0.4 is 15.4 Å². The molecule has 0 fully saturated rings. The van der Waals surface area contributed by atoms with Gasteiger partial charge in [0.15, 0.2) is 0 Å². The summed E-state index contributed by atoms with van der Waals surface area (Å²) >= 11 is 5.79. The number of nitrogens with one attached hydrogen (secondary N) is 2. The third kappa shape index (κ3) is 5.00.